The topological polar surface area (TPSA) is 103 Å². The Balaban J connectivity index is 1.33. The fourth-order valence-electron chi connectivity index (χ4n) is 4.18. The molecule has 3 unspecified atom stereocenters. The maximum atomic E-state index is 14.0. The van der Waals surface area contributed by atoms with Gasteiger partial charge in [0.15, 0.2) is 0 Å². The fourth-order valence-corrected chi connectivity index (χ4v) is 5.72. The molecular weight excluding hydrogens is 421 g/mol. The number of aromatic nitrogens is 1. The monoisotopic (exact) mass is 447 g/mol. The fraction of sp³-hybridized carbons (Fsp3) is 0.429. The van der Waals surface area contributed by atoms with Crippen LogP contribution in [0.1, 0.15) is 31.4 Å². The summed E-state index contributed by atoms with van der Waals surface area (Å²) < 4.78 is 40.7. The van der Waals surface area contributed by atoms with Gasteiger partial charge in [-0.2, -0.15) is 4.31 Å². The maximum Gasteiger partial charge on any atom is 0.245 e. The molecule has 1 aromatic heterocycles. The molecule has 2 aromatic rings. The number of halogens is 1. The number of amides is 1. The van der Waals surface area contributed by atoms with Crippen LogP contribution in [-0.4, -0.2) is 42.9 Å². The molecule has 0 radical (unpaired) electrons. The lowest BCUT2D eigenvalue weighted by Gasteiger charge is -2.31. The lowest BCUT2D eigenvalue weighted by Crippen LogP contribution is -2.50. The van der Waals surface area contributed by atoms with Crippen molar-refractivity contribution in [1.29, 1.82) is 0 Å². The van der Waals surface area contributed by atoms with Crippen LogP contribution in [0.15, 0.2) is 53.7 Å². The molecule has 2 fully saturated rings. The number of carbonyl (C=O) groups excluding carboxylic acids is 1. The molecular formula is C21H26FN5O3S. The maximum absolute atomic E-state index is 14.0. The van der Waals surface area contributed by atoms with Gasteiger partial charge in [0.25, 0.3) is 0 Å². The lowest BCUT2D eigenvalue weighted by atomic mass is 9.93. The highest BCUT2D eigenvalue weighted by Gasteiger charge is 2.37. The SMILES string of the molecule is CC1C(NC(=O)C2CCN(S(=O)(=O)c3ccccc3F)CC2)NNC1c1ccncc1. The first kappa shape index (κ1) is 21.8. The first-order valence-corrected chi connectivity index (χ1v) is 11.8. The third-order valence-electron chi connectivity index (χ3n) is 6.09. The number of hydrogen-bond acceptors (Lipinski definition) is 6. The van der Waals surface area contributed by atoms with Gasteiger partial charge in [0, 0.05) is 37.3 Å². The molecule has 1 aromatic carbocycles. The van der Waals surface area contributed by atoms with E-state index in [1.807, 2.05) is 19.1 Å². The van der Waals surface area contributed by atoms with E-state index < -0.39 is 15.8 Å². The predicted octanol–water partition coefficient (Wildman–Crippen LogP) is 1.55. The largest absolute Gasteiger partial charge is 0.339 e. The Morgan fingerprint density at radius 2 is 1.81 bits per heavy atom. The van der Waals surface area contributed by atoms with Crippen LogP contribution in [0.2, 0.25) is 0 Å². The number of hydrogen-bond donors (Lipinski definition) is 3. The Morgan fingerprint density at radius 1 is 1.13 bits per heavy atom. The zero-order valence-corrected chi connectivity index (χ0v) is 18.0. The predicted molar refractivity (Wildman–Crippen MR) is 112 cm³/mol. The molecule has 2 aliphatic heterocycles. The highest BCUT2D eigenvalue weighted by molar-refractivity contribution is 7.89. The van der Waals surface area contributed by atoms with E-state index in [4.69, 9.17) is 0 Å². The second-order valence-corrected chi connectivity index (χ2v) is 9.91. The number of pyridine rings is 1. The highest BCUT2D eigenvalue weighted by atomic mass is 32.2. The van der Waals surface area contributed by atoms with Crippen molar-refractivity contribution in [3.8, 4) is 0 Å². The second kappa shape index (κ2) is 8.99. The molecule has 0 aliphatic carbocycles. The molecule has 166 valence electrons. The minimum Gasteiger partial charge on any atom is -0.339 e. The summed E-state index contributed by atoms with van der Waals surface area (Å²) in [5.41, 5.74) is 7.43. The van der Waals surface area contributed by atoms with Crippen molar-refractivity contribution in [3.63, 3.8) is 0 Å². The van der Waals surface area contributed by atoms with Gasteiger partial charge in [-0.05, 0) is 42.7 Å². The molecule has 3 heterocycles. The number of benzene rings is 1. The van der Waals surface area contributed by atoms with E-state index in [0.717, 1.165) is 11.6 Å². The number of nitrogens with one attached hydrogen (secondary N) is 3. The summed E-state index contributed by atoms with van der Waals surface area (Å²) in [4.78, 5) is 16.5. The molecule has 2 saturated heterocycles. The summed E-state index contributed by atoms with van der Waals surface area (Å²) >= 11 is 0. The van der Waals surface area contributed by atoms with Gasteiger partial charge in [-0.3, -0.25) is 9.78 Å². The minimum absolute atomic E-state index is 0.0426. The van der Waals surface area contributed by atoms with Gasteiger partial charge >= 0.3 is 0 Å². The van der Waals surface area contributed by atoms with Crippen LogP contribution in [0.3, 0.4) is 0 Å². The third kappa shape index (κ3) is 4.47. The van der Waals surface area contributed by atoms with Crippen LogP contribution < -0.4 is 16.2 Å². The van der Waals surface area contributed by atoms with Crippen molar-refractivity contribution in [2.24, 2.45) is 11.8 Å². The summed E-state index contributed by atoms with van der Waals surface area (Å²) in [7, 11) is -3.91. The Kier molecular flexibility index (Phi) is 6.33. The standard InChI is InChI=1S/C21H26FN5O3S/c1-14-19(15-6-10-23-11-7-15)25-26-20(14)24-21(28)16-8-12-27(13-9-16)31(29,30)18-5-3-2-4-17(18)22/h2-7,10-11,14,16,19-20,25-26H,8-9,12-13H2,1H3,(H,24,28). The van der Waals surface area contributed by atoms with Gasteiger partial charge in [-0.15, -0.1) is 0 Å². The number of rotatable bonds is 5. The second-order valence-electron chi connectivity index (χ2n) is 8.00. The van der Waals surface area contributed by atoms with Crippen LogP contribution in [0.25, 0.3) is 0 Å². The van der Waals surface area contributed by atoms with E-state index >= 15 is 0 Å². The van der Waals surface area contributed by atoms with Crippen LogP contribution in [0, 0.1) is 17.7 Å². The Morgan fingerprint density at radius 3 is 2.48 bits per heavy atom. The Hall–Kier alpha value is -2.40. The van der Waals surface area contributed by atoms with Crippen LogP contribution in [0.5, 0.6) is 0 Å². The van der Waals surface area contributed by atoms with Crippen LogP contribution in [-0.2, 0) is 14.8 Å². The molecule has 0 bridgehead atoms. The van der Waals surface area contributed by atoms with E-state index in [2.05, 4.69) is 21.2 Å². The van der Waals surface area contributed by atoms with Crippen molar-refractivity contribution in [1.82, 2.24) is 25.5 Å². The highest BCUT2D eigenvalue weighted by Crippen LogP contribution is 2.28. The first-order chi connectivity index (χ1) is 14.9. The molecule has 0 spiro atoms. The summed E-state index contributed by atoms with van der Waals surface area (Å²) in [6.07, 6.45) is 4.01. The quantitative estimate of drug-likeness (QED) is 0.643. The van der Waals surface area contributed by atoms with Crippen LogP contribution >= 0.6 is 0 Å². The Bertz CT molecular complexity index is 1030. The van der Waals surface area contributed by atoms with E-state index in [1.54, 1.807) is 12.4 Å². The number of piperidine rings is 1. The van der Waals surface area contributed by atoms with Crippen molar-refractivity contribution in [2.75, 3.05) is 13.1 Å². The molecule has 1 amide bonds. The normalized spacial score (nSPS) is 25.4. The molecule has 4 rings (SSSR count). The summed E-state index contributed by atoms with van der Waals surface area (Å²) in [6, 6.07) is 9.27. The summed E-state index contributed by atoms with van der Waals surface area (Å²) in [6.45, 7) is 2.41. The average molecular weight is 448 g/mol. The van der Waals surface area contributed by atoms with Gasteiger partial charge in [0.05, 0.1) is 12.2 Å². The number of nitrogens with zero attached hydrogens (tertiary/aromatic N) is 2. The van der Waals surface area contributed by atoms with E-state index in [9.17, 15) is 17.6 Å². The van der Waals surface area contributed by atoms with Gasteiger partial charge in [0.1, 0.15) is 10.7 Å². The average Bonchev–Trinajstić information content (AvgIpc) is 3.14. The van der Waals surface area contributed by atoms with E-state index in [-0.39, 0.29) is 47.9 Å². The molecule has 10 heteroatoms. The van der Waals surface area contributed by atoms with E-state index in [0.29, 0.717) is 12.8 Å². The van der Waals surface area contributed by atoms with Crippen LogP contribution in [0.4, 0.5) is 4.39 Å². The van der Waals surface area contributed by atoms with Crippen molar-refractivity contribution >= 4 is 15.9 Å². The molecule has 8 nitrogen and oxygen atoms in total. The minimum atomic E-state index is -3.91. The van der Waals surface area contributed by atoms with Gasteiger partial charge in [0.2, 0.25) is 15.9 Å². The Labute approximate surface area is 181 Å². The van der Waals surface area contributed by atoms with E-state index in [1.165, 1.54) is 22.5 Å². The smallest absolute Gasteiger partial charge is 0.245 e. The summed E-state index contributed by atoms with van der Waals surface area (Å²) in [5, 5.41) is 3.04. The lowest BCUT2D eigenvalue weighted by molar-refractivity contribution is -0.127. The zero-order chi connectivity index (χ0) is 22.0. The summed E-state index contributed by atoms with van der Waals surface area (Å²) in [5.74, 6) is -1.06. The molecule has 2 aliphatic rings. The van der Waals surface area contributed by atoms with Crippen molar-refractivity contribution in [3.05, 3.63) is 60.2 Å². The number of sulfonamides is 1. The third-order valence-corrected chi connectivity index (χ3v) is 8.02. The molecule has 0 saturated carbocycles. The number of carbonyl (C=O) groups is 1. The first-order valence-electron chi connectivity index (χ1n) is 10.3. The molecule has 31 heavy (non-hydrogen) atoms. The molecule has 3 N–H and O–H groups in total. The van der Waals surface area contributed by atoms with Gasteiger partial charge < -0.3 is 5.32 Å². The van der Waals surface area contributed by atoms with Gasteiger partial charge in [-0.1, -0.05) is 19.1 Å². The van der Waals surface area contributed by atoms with Crippen molar-refractivity contribution < 1.29 is 17.6 Å². The van der Waals surface area contributed by atoms with Crippen molar-refractivity contribution in [2.45, 2.75) is 36.9 Å². The number of hydrazine groups is 1. The van der Waals surface area contributed by atoms with Gasteiger partial charge in [-0.25, -0.2) is 23.7 Å². The molecule has 3 atom stereocenters. The zero-order valence-electron chi connectivity index (χ0n) is 17.2.